The number of carbonyl (C=O) groups is 1. The Labute approximate surface area is 84.7 Å². The molecule has 1 rings (SSSR count). The van der Waals surface area contributed by atoms with Crippen LogP contribution < -0.4 is 10.6 Å². The van der Waals surface area contributed by atoms with Crippen molar-refractivity contribution in [3.63, 3.8) is 0 Å². The Morgan fingerprint density at radius 2 is 2.43 bits per heavy atom. The van der Waals surface area contributed by atoms with Crippen LogP contribution in [0.15, 0.2) is 6.20 Å². The fourth-order valence-electron chi connectivity index (χ4n) is 0.722. The lowest BCUT2D eigenvalue weighted by atomic mass is 10.5. The van der Waals surface area contributed by atoms with Crippen LogP contribution in [0.2, 0.25) is 5.28 Å². The van der Waals surface area contributed by atoms with Crippen LogP contribution in [0.5, 0.6) is 0 Å². The van der Waals surface area contributed by atoms with Gasteiger partial charge in [-0.3, -0.25) is 4.79 Å². The van der Waals surface area contributed by atoms with Crippen molar-refractivity contribution in [3.8, 4) is 0 Å². The second-order valence-electron chi connectivity index (χ2n) is 2.36. The molecule has 1 aromatic heterocycles. The number of amides is 1. The van der Waals surface area contributed by atoms with E-state index in [2.05, 4.69) is 20.6 Å². The molecule has 0 aliphatic rings. The molecule has 2 N–H and O–H groups in total. The molecule has 0 spiro atoms. The normalized spacial score (nSPS) is 9.64. The first-order valence-corrected chi connectivity index (χ1v) is 4.13. The monoisotopic (exact) mass is 218 g/mol. The van der Waals surface area contributed by atoms with Gasteiger partial charge in [0.1, 0.15) is 0 Å². The molecule has 0 unspecified atom stereocenters. The number of hydrogen-bond acceptors (Lipinski definition) is 4. The minimum atomic E-state index is -0.654. The molecular weight excluding hydrogens is 211 g/mol. The van der Waals surface area contributed by atoms with Gasteiger partial charge in [-0.2, -0.15) is 4.98 Å². The predicted octanol–water partition coefficient (Wildman–Crippen LogP) is 0.427. The van der Waals surface area contributed by atoms with Crippen LogP contribution >= 0.6 is 11.6 Å². The number of nitrogens with zero attached hydrogens (tertiary/aromatic N) is 2. The molecule has 0 saturated carbocycles. The third kappa shape index (κ3) is 2.81. The van der Waals surface area contributed by atoms with Crippen LogP contribution in [0.3, 0.4) is 0 Å². The van der Waals surface area contributed by atoms with Gasteiger partial charge in [-0.25, -0.2) is 9.37 Å². The van der Waals surface area contributed by atoms with E-state index in [0.29, 0.717) is 0 Å². The number of likely N-dealkylation sites (N-methyl/N-ethyl adjacent to an activating group) is 1. The summed E-state index contributed by atoms with van der Waals surface area (Å²) in [5.74, 6) is -1.02. The van der Waals surface area contributed by atoms with E-state index in [0.717, 1.165) is 6.20 Å². The van der Waals surface area contributed by atoms with E-state index in [-0.39, 0.29) is 23.6 Å². The highest BCUT2D eigenvalue weighted by Gasteiger charge is 2.06. The van der Waals surface area contributed by atoms with E-state index in [1.54, 1.807) is 0 Å². The molecule has 1 aromatic rings. The predicted molar refractivity (Wildman–Crippen MR) is 49.6 cm³/mol. The Morgan fingerprint density at radius 3 is 3.07 bits per heavy atom. The summed E-state index contributed by atoms with van der Waals surface area (Å²) >= 11 is 5.44. The molecular formula is C7H8ClFN4O. The highest BCUT2D eigenvalue weighted by molar-refractivity contribution is 6.28. The zero-order chi connectivity index (χ0) is 10.6. The molecule has 0 saturated heterocycles. The summed E-state index contributed by atoms with van der Waals surface area (Å²) in [6.45, 7) is -0.0687. The highest BCUT2D eigenvalue weighted by Crippen LogP contribution is 2.10. The topological polar surface area (TPSA) is 66.9 Å². The fourth-order valence-corrected chi connectivity index (χ4v) is 0.855. The third-order valence-electron chi connectivity index (χ3n) is 1.41. The summed E-state index contributed by atoms with van der Waals surface area (Å²) in [6, 6.07) is 0. The molecule has 76 valence electrons. The first kappa shape index (κ1) is 10.6. The molecule has 1 heterocycles. The van der Waals surface area contributed by atoms with Crippen LogP contribution in [0.25, 0.3) is 0 Å². The number of anilines is 1. The maximum Gasteiger partial charge on any atom is 0.239 e. The molecule has 0 aromatic carbocycles. The Bertz CT molecular complexity index is 346. The van der Waals surface area contributed by atoms with Crippen LogP contribution in [0.1, 0.15) is 0 Å². The van der Waals surface area contributed by atoms with Gasteiger partial charge in [-0.05, 0) is 11.6 Å². The van der Waals surface area contributed by atoms with Crippen molar-refractivity contribution >= 4 is 23.3 Å². The minimum absolute atomic E-state index is 0.0687. The Balaban J connectivity index is 2.66. The quantitative estimate of drug-likeness (QED) is 0.722. The van der Waals surface area contributed by atoms with Gasteiger partial charge in [-0.15, -0.1) is 0 Å². The lowest BCUT2D eigenvalue weighted by Gasteiger charge is -2.04. The molecule has 5 nitrogen and oxygen atoms in total. The molecule has 0 aliphatic heterocycles. The first-order valence-electron chi connectivity index (χ1n) is 3.76. The van der Waals surface area contributed by atoms with Crippen molar-refractivity contribution in [1.29, 1.82) is 0 Å². The van der Waals surface area contributed by atoms with Crippen molar-refractivity contribution < 1.29 is 9.18 Å². The Hall–Kier alpha value is -1.43. The van der Waals surface area contributed by atoms with E-state index in [4.69, 9.17) is 11.6 Å². The van der Waals surface area contributed by atoms with E-state index in [9.17, 15) is 9.18 Å². The molecule has 0 bridgehead atoms. The van der Waals surface area contributed by atoms with Gasteiger partial charge in [0.25, 0.3) is 0 Å². The van der Waals surface area contributed by atoms with E-state index in [1.807, 2.05) is 0 Å². The maximum atomic E-state index is 12.9. The number of nitrogens with one attached hydrogen (secondary N) is 2. The smallest absolute Gasteiger partial charge is 0.239 e. The van der Waals surface area contributed by atoms with E-state index in [1.165, 1.54) is 7.05 Å². The summed E-state index contributed by atoms with van der Waals surface area (Å²) < 4.78 is 12.9. The number of rotatable bonds is 3. The van der Waals surface area contributed by atoms with Crippen LogP contribution in [-0.2, 0) is 4.79 Å². The molecule has 0 fully saturated rings. The van der Waals surface area contributed by atoms with Crippen molar-refractivity contribution in [2.75, 3.05) is 18.9 Å². The van der Waals surface area contributed by atoms with E-state index >= 15 is 0 Å². The molecule has 0 radical (unpaired) electrons. The number of halogens is 2. The summed E-state index contributed by atoms with van der Waals surface area (Å²) in [4.78, 5) is 17.8. The van der Waals surface area contributed by atoms with Crippen molar-refractivity contribution in [1.82, 2.24) is 15.3 Å². The van der Waals surface area contributed by atoms with Crippen LogP contribution in [-0.4, -0.2) is 29.5 Å². The SMILES string of the molecule is CNC(=O)CNc1nc(Cl)ncc1F. The Kier molecular flexibility index (Phi) is 3.58. The molecule has 7 heteroatoms. The zero-order valence-corrected chi connectivity index (χ0v) is 8.10. The standard InChI is InChI=1S/C7H8ClFN4O/c1-10-5(14)3-11-6-4(9)2-12-7(8)13-6/h2H,3H2,1H3,(H,10,14)(H,11,12,13). The van der Waals surface area contributed by atoms with Crippen LogP contribution in [0.4, 0.5) is 10.2 Å². The van der Waals surface area contributed by atoms with Gasteiger partial charge >= 0.3 is 0 Å². The minimum Gasteiger partial charge on any atom is -0.358 e. The van der Waals surface area contributed by atoms with Crippen LogP contribution in [0, 0.1) is 5.82 Å². The van der Waals surface area contributed by atoms with Gasteiger partial charge < -0.3 is 10.6 Å². The third-order valence-corrected chi connectivity index (χ3v) is 1.59. The Morgan fingerprint density at radius 1 is 1.71 bits per heavy atom. The van der Waals surface area contributed by atoms with Gasteiger partial charge in [0.05, 0.1) is 12.7 Å². The molecule has 0 aliphatic carbocycles. The number of carbonyl (C=O) groups excluding carboxylic acids is 1. The molecule has 0 atom stereocenters. The van der Waals surface area contributed by atoms with Gasteiger partial charge in [0, 0.05) is 7.05 Å². The fraction of sp³-hybridized carbons (Fsp3) is 0.286. The van der Waals surface area contributed by atoms with Crippen molar-refractivity contribution in [3.05, 3.63) is 17.3 Å². The van der Waals surface area contributed by atoms with E-state index < -0.39 is 5.82 Å². The van der Waals surface area contributed by atoms with Crippen molar-refractivity contribution in [2.45, 2.75) is 0 Å². The number of aromatic nitrogens is 2. The maximum absolute atomic E-state index is 12.9. The molecule has 14 heavy (non-hydrogen) atoms. The lowest BCUT2D eigenvalue weighted by molar-refractivity contribution is -0.118. The number of hydrogen-bond donors (Lipinski definition) is 2. The summed E-state index contributed by atoms with van der Waals surface area (Å²) in [6.07, 6.45) is 0.932. The first-order chi connectivity index (χ1) is 6.63. The second kappa shape index (κ2) is 4.71. The molecule has 1 amide bonds. The van der Waals surface area contributed by atoms with Gasteiger partial charge in [0.15, 0.2) is 11.6 Å². The van der Waals surface area contributed by atoms with Gasteiger partial charge in [0.2, 0.25) is 11.2 Å². The van der Waals surface area contributed by atoms with Crippen molar-refractivity contribution in [2.24, 2.45) is 0 Å². The second-order valence-corrected chi connectivity index (χ2v) is 2.70. The average Bonchev–Trinajstić information content (AvgIpc) is 2.19. The average molecular weight is 219 g/mol. The summed E-state index contributed by atoms with van der Waals surface area (Å²) in [5.41, 5.74) is 0. The lowest BCUT2D eigenvalue weighted by Crippen LogP contribution is -2.26. The zero-order valence-electron chi connectivity index (χ0n) is 7.34. The summed E-state index contributed by atoms with van der Waals surface area (Å²) in [5, 5.41) is 4.77. The largest absolute Gasteiger partial charge is 0.358 e. The summed E-state index contributed by atoms with van der Waals surface area (Å²) in [7, 11) is 1.48. The van der Waals surface area contributed by atoms with Gasteiger partial charge in [-0.1, -0.05) is 0 Å². The highest BCUT2D eigenvalue weighted by atomic mass is 35.5.